The van der Waals surface area contributed by atoms with Crippen molar-refractivity contribution in [3.63, 3.8) is 0 Å². The number of amidine groups is 1. The van der Waals surface area contributed by atoms with Crippen LogP contribution in [-0.2, 0) is 9.84 Å². The summed E-state index contributed by atoms with van der Waals surface area (Å²) in [4.78, 5) is 21.2. The van der Waals surface area contributed by atoms with E-state index in [4.69, 9.17) is 9.47 Å². The number of hydrogen-bond donors (Lipinski definition) is 0. The molecule has 4 rings (SSSR count). The third kappa shape index (κ3) is 4.29. The first-order chi connectivity index (χ1) is 15.2. The number of sulfone groups is 1. The summed E-state index contributed by atoms with van der Waals surface area (Å²) in [6, 6.07) is 12.4. The number of ether oxygens (including phenoxy) is 2. The van der Waals surface area contributed by atoms with Crippen LogP contribution in [0.3, 0.4) is 0 Å². The largest absolute Gasteiger partial charge is 0.493 e. The first kappa shape index (κ1) is 22.5. The molecule has 0 aromatic heterocycles. The molecule has 0 saturated carbocycles. The Morgan fingerprint density at radius 2 is 1.75 bits per heavy atom. The van der Waals surface area contributed by atoms with Gasteiger partial charge in [0.05, 0.1) is 31.8 Å². The summed E-state index contributed by atoms with van der Waals surface area (Å²) >= 11 is 1.35. The number of carbonyl (C=O) groups excluding carboxylic acids is 1. The number of hydrogen-bond acceptors (Lipinski definition) is 7. The Balaban J connectivity index is 1.70. The number of benzene rings is 2. The number of methoxy groups -OCH3 is 2. The smallest absolute Gasteiger partial charge is 0.279 e. The molecule has 0 bridgehead atoms. The van der Waals surface area contributed by atoms with Crippen LogP contribution >= 0.6 is 11.8 Å². The van der Waals surface area contributed by atoms with Crippen LogP contribution in [0.2, 0.25) is 0 Å². The van der Waals surface area contributed by atoms with Crippen LogP contribution in [0, 0.1) is 0 Å². The summed E-state index contributed by atoms with van der Waals surface area (Å²) in [7, 11) is 3.81. The number of thioether (sulfide) groups is 1. The lowest BCUT2D eigenvalue weighted by Gasteiger charge is -2.25. The van der Waals surface area contributed by atoms with Gasteiger partial charge in [0.1, 0.15) is 0 Å². The highest BCUT2D eigenvalue weighted by molar-refractivity contribution is 8.16. The van der Waals surface area contributed by atoms with E-state index >= 15 is 0 Å². The van der Waals surface area contributed by atoms with Gasteiger partial charge in [-0.1, -0.05) is 11.8 Å². The molecular weight excluding hydrogens is 450 g/mol. The van der Waals surface area contributed by atoms with E-state index in [0.29, 0.717) is 22.2 Å². The summed E-state index contributed by atoms with van der Waals surface area (Å²) in [5.41, 5.74) is 2.20. The molecule has 2 aliphatic heterocycles. The van der Waals surface area contributed by atoms with E-state index in [9.17, 15) is 13.2 Å². The van der Waals surface area contributed by atoms with Gasteiger partial charge >= 0.3 is 0 Å². The topological polar surface area (TPSA) is 88.5 Å². The number of anilines is 2. The third-order valence-corrected chi connectivity index (χ3v) is 8.75. The molecule has 2 unspecified atom stereocenters. The Hall–Kier alpha value is -2.72. The summed E-state index contributed by atoms with van der Waals surface area (Å²) in [5.74, 6) is 0.666. The van der Waals surface area contributed by atoms with E-state index in [0.717, 1.165) is 11.4 Å². The summed E-state index contributed by atoms with van der Waals surface area (Å²) in [5, 5.41) is 0.345. The van der Waals surface area contributed by atoms with E-state index in [2.05, 4.69) is 4.99 Å². The van der Waals surface area contributed by atoms with Crippen molar-refractivity contribution in [2.45, 2.75) is 11.3 Å². The molecule has 2 aromatic rings. The fourth-order valence-electron chi connectivity index (χ4n) is 3.90. The van der Waals surface area contributed by atoms with Crippen molar-refractivity contribution in [2.24, 2.45) is 4.99 Å². The standard InChI is InChI=1S/C22H25N3O5S2/c1-24(2)15-6-8-16(9-7-15)25-17-12-32(27,28)13-20(17)31-22(25)23-21(26)14-5-10-18(29-3)19(11-14)30-4/h5-11,17,20H,12-13H2,1-4H3. The molecule has 2 atom stereocenters. The minimum atomic E-state index is -3.13. The zero-order chi connectivity index (χ0) is 23.0. The van der Waals surface area contributed by atoms with Gasteiger partial charge in [-0.05, 0) is 42.5 Å². The molecule has 170 valence electrons. The molecule has 0 N–H and O–H groups in total. The van der Waals surface area contributed by atoms with Crippen molar-refractivity contribution in [3.05, 3.63) is 48.0 Å². The van der Waals surface area contributed by atoms with Crippen molar-refractivity contribution in [1.29, 1.82) is 0 Å². The van der Waals surface area contributed by atoms with Gasteiger partial charge in [0.15, 0.2) is 26.5 Å². The predicted molar refractivity (Wildman–Crippen MR) is 128 cm³/mol. The lowest BCUT2D eigenvalue weighted by atomic mass is 10.2. The summed E-state index contributed by atoms with van der Waals surface area (Å²) in [6.45, 7) is 0. The minimum Gasteiger partial charge on any atom is -0.493 e. The van der Waals surface area contributed by atoms with Gasteiger partial charge in [-0.25, -0.2) is 8.42 Å². The first-order valence-corrected chi connectivity index (χ1v) is 12.7. The molecule has 1 amide bonds. The second kappa shape index (κ2) is 8.67. The van der Waals surface area contributed by atoms with Gasteiger partial charge in [-0.2, -0.15) is 4.99 Å². The van der Waals surface area contributed by atoms with E-state index < -0.39 is 15.7 Å². The van der Waals surface area contributed by atoms with Gasteiger partial charge in [-0.3, -0.25) is 4.79 Å². The van der Waals surface area contributed by atoms with Gasteiger partial charge in [0.2, 0.25) is 0 Å². The van der Waals surface area contributed by atoms with E-state index in [1.165, 1.54) is 26.0 Å². The van der Waals surface area contributed by atoms with Crippen LogP contribution in [0.5, 0.6) is 11.5 Å². The normalized spacial score (nSPS) is 22.6. The second-order valence-electron chi connectivity index (χ2n) is 7.85. The average Bonchev–Trinajstić information content (AvgIpc) is 3.23. The quantitative estimate of drug-likeness (QED) is 0.652. The van der Waals surface area contributed by atoms with Crippen LogP contribution < -0.4 is 19.3 Å². The average molecular weight is 476 g/mol. The van der Waals surface area contributed by atoms with Gasteiger partial charge in [-0.15, -0.1) is 0 Å². The Morgan fingerprint density at radius 1 is 1.06 bits per heavy atom. The van der Waals surface area contributed by atoms with E-state index in [1.807, 2.05) is 48.2 Å². The Labute approximate surface area is 192 Å². The zero-order valence-corrected chi connectivity index (χ0v) is 19.9. The molecule has 0 aliphatic carbocycles. The molecule has 2 heterocycles. The SMILES string of the molecule is COc1ccc(C(=O)N=C2SC3CS(=O)(=O)CC3N2c2ccc(N(C)C)cc2)cc1OC. The molecule has 32 heavy (non-hydrogen) atoms. The van der Waals surface area contributed by atoms with Crippen LogP contribution in [0.25, 0.3) is 0 Å². The molecule has 2 aromatic carbocycles. The molecule has 8 nitrogen and oxygen atoms in total. The number of nitrogens with zero attached hydrogens (tertiary/aromatic N) is 3. The number of amides is 1. The molecule has 10 heteroatoms. The van der Waals surface area contributed by atoms with Crippen LogP contribution in [0.4, 0.5) is 11.4 Å². The number of carbonyl (C=O) groups is 1. The predicted octanol–water partition coefficient (Wildman–Crippen LogP) is 2.69. The van der Waals surface area contributed by atoms with E-state index in [1.54, 1.807) is 18.2 Å². The second-order valence-corrected chi connectivity index (χ2v) is 11.2. The van der Waals surface area contributed by atoms with Crippen LogP contribution in [0.15, 0.2) is 47.5 Å². The highest BCUT2D eigenvalue weighted by atomic mass is 32.2. The lowest BCUT2D eigenvalue weighted by molar-refractivity contribution is 0.100. The third-order valence-electron chi connectivity index (χ3n) is 5.54. The highest BCUT2D eigenvalue weighted by Gasteiger charge is 2.49. The van der Waals surface area contributed by atoms with Crippen LogP contribution in [-0.4, -0.2) is 70.6 Å². The summed E-state index contributed by atoms with van der Waals surface area (Å²) in [6.07, 6.45) is 0. The molecule has 2 fully saturated rings. The van der Waals surface area contributed by atoms with Crippen molar-refractivity contribution in [2.75, 3.05) is 49.6 Å². The lowest BCUT2D eigenvalue weighted by Crippen LogP contribution is -2.37. The van der Waals surface area contributed by atoms with Crippen LogP contribution in [0.1, 0.15) is 10.4 Å². The maximum absolute atomic E-state index is 13.0. The molecule has 0 spiro atoms. The van der Waals surface area contributed by atoms with Gasteiger partial charge in [0.25, 0.3) is 5.91 Å². The monoisotopic (exact) mass is 475 g/mol. The first-order valence-electron chi connectivity index (χ1n) is 10.0. The highest BCUT2D eigenvalue weighted by Crippen LogP contribution is 2.41. The Bertz CT molecular complexity index is 1160. The Morgan fingerprint density at radius 3 is 2.38 bits per heavy atom. The zero-order valence-electron chi connectivity index (χ0n) is 18.3. The van der Waals surface area contributed by atoms with Crippen molar-refractivity contribution in [3.8, 4) is 11.5 Å². The maximum atomic E-state index is 13.0. The molecule has 0 radical (unpaired) electrons. The van der Waals surface area contributed by atoms with Crippen molar-refractivity contribution >= 4 is 44.0 Å². The minimum absolute atomic E-state index is 0.0453. The molecule has 2 saturated heterocycles. The van der Waals surface area contributed by atoms with Gasteiger partial charge < -0.3 is 19.3 Å². The fourth-order valence-corrected chi connectivity index (χ4v) is 7.81. The summed E-state index contributed by atoms with van der Waals surface area (Å²) < 4.78 is 35.1. The number of aliphatic imine (C=N–C) groups is 1. The Kier molecular flexibility index (Phi) is 6.09. The van der Waals surface area contributed by atoms with Crippen molar-refractivity contribution < 1.29 is 22.7 Å². The fraction of sp³-hybridized carbons (Fsp3) is 0.364. The van der Waals surface area contributed by atoms with E-state index in [-0.39, 0.29) is 22.8 Å². The maximum Gasteiger partial charge on any atom is 0.279 e. The van der Waals surface area contributed by atoms with Gasteiger partial charge in [0, 0.05) is 36.3 Å². The molecular formula is C22H25N3O5S2. The van der Waals surface area contributed by atoms with Crippen molar-refractivity contribution in [1.82, 2.24) is 0 Å². The molecule has 2 aliphatic rings. The number of rotatable bonds is 5. The number of fused-ring (bicyclic) bond motifs is 1.